The second-order valence-electron chi connectivity index (χ2n) is 8.22. The summed E-state index contributed by atoms with van der Waals surface area (Å²) in [6.45, 7) is 7.36. The van der Waals surface area contributed by atoms with E-state index in [2.05, 4.69) is 35.0 Å². The molecule has 8 heteroatoms. The average molecular weight is 479 g/mol. The van der Waals surface area contributed by atoms with Gasteiger partial charge in [0.1, 0.15) is 5.82 Å². The highest BCUT2D eigenvalue weighted by atomic mass is 32.1. The second kappa shape index (κ2) is 10.7. The van der Waals surface area contributed by atoms with Crippen LogP contribution in [0.1, 0.15) is 23.7 Å². The van der Waals surface area contributed by atoms with Gasteiger partial charge < -0.3 is 4.90 Å². The number of nitrogens with zero attached hydrogens (tertiary/aromatic N) is 4. The van der Waals surface area contributed by atoms with Crippen molar-refractivity contribution in [3.63, 3.8) is 0 Å². The molecule has 0 N–H and O–H groups in total. The van der Waals surface area contributed by atoms with Gasteiger partial charge in [-0.25, -0.2) is 9.37 Å². The molecule has 0 aliphatic carbocycles. The predicted octanol–water partition coefficient (Wildman–Crippen LogP) is 4.63. The highest BCUT2D eigenvalue weighted by Crippen LogP contribution is 2.31. The number of aryl methyl sites for hydroxylation is 1. The lowest BCUT2D eigenvalue weighted by atomic mass is 10.1. The molecule has 0 saturated carbocycles. The molecule has 176 valence electrons. The van der Waals surface area contributed by atoms with E-state index in [4.69, 9.17) is 0 Å². The molecule has 0 unspecified atom stereocenters. The normalized spacial score (nSPS) is 14.5. The van der Waals surface area contributed by atoms with Crippen LogP contribution in [0, 0.1) is 12.7 Å². The average Bonchev–Trinajstić information content (AvgIpc) is 3.29. The van der Waals surface area contributed by atoms with E-state index in [1.807, 2.05) is 11.0 Å². The van der Waals surface area contributed by atoms with E-state index >= 15 is 0 Å². The number of aromatic nitrogens is 1. The molecule has 1 aromatic heterocycles. The van der Waals surface area contributed by atoms with Crippen molar-refractivity contribution in [2.24, 2.45) is 0 Å². The Bertz CT molecular complexity index is 1200. The number of hydrogen-bond acceptors (Lipinski definition) is 5. The van der Waals surface area contributed by atoms with Crippen LogP contribution in [0.3, 0.4) is 0 Å². The summed E-state index contributed by atoms with van der Waals surface area (Å²) in [6, 6.07) is 14.5. The SMILES string of the molecule is CC(=O)N(c1nc(/C=C/C(=O)N2CCN(Cc3ccccc3C)CC2)cs1)c1ccccc1F. The van der Waals surface area contributed by atoms with Crippen LogP contribution >= 0.6 is 11.3 Å². The van der Waals surface area contributed by atoms with E-state index in [1.165, 1.54) is 52.5 Å². The lowest BCUT2D eigenvalue weighted by Crippen LogP contribution is -2.47. The Hall–Kier alpha value is -3.36. The number of halogens is 1. The summed E-state index contributed by atoms with van der Waals surface area (Å²) in [6.07, 6.45) is 3.15. The van der Waals surface area contributed by atoms with Crippen LogP contribution in [0.4, 0.5) is 15.2 Å². The van der Waals surface area contributed by atoms with Gasteiger partial charge in [-0.15, -0.1) is 11.3 Å². The minimum absolute atomic E-state index is 0.0670. The van der Waals surface area contributed by atoms with E-state index in [0.29, 0.717) is 23.9 Å². The van der Waals surface area contributed by atoms with Crippen LogP contribution in [-0.2, 0) is 16.1 Å². The number of benzene rings is 2. The summed E-state index contributed by atoms with van der Waals surface area (Å²) >= 11 is 1.22. The standard InChI is InChI=1S/C26H27FN4O2S/c1-19-7-3-4-8-21(19)17-29-13-15-30(16-14-29)25(33)12-11-22-18-34-26(28-22)31(20(2)32)24-10-6-5-9-23(24)27/h3-12,18H,13-17H2,1-2H3/b12-11+. The molecule has 2 aromatic carbocycles. The summed E-state index contributed by atoms with van der Waals surface area (Å²) in [4.78, 5) is 34.7. The zero-order chi connectivity index (χ0) is 24.1. The van der Waals surface area contributed by atoms with Gasteiger partial charge in [0.25, 0.3) is 0 Å². The van der Waals surface area contributed by atoms with Crippen molar-refractivity contribution >= 4 is 40.0 Å². The quantitative estimate of drug-likeness (QED) is 0.485. The van der Waals surface area contributed by atoms with Crippen molar-refractivity contribution in [3.8, 4) is 0 Å². The van der Waals surface area contributed by atoms with Crippen LogP contribution in [-0.4, -0.2) is 52.8 Å². The number of rotatable bonds is 6. The Balaban J connectivity index is 1.35. The molecule has 0 radical (unpaired) electrons. The topological polar surface area (TPSA) is 56.8 Å². The molecule has 2 heterocycles. The van der Waals surface area contributed by atoms with Crippen LogP contribution in [0.15, 0.2) is 60.0 Å². The molecular weight excluding hydrogens is 451 g/mol. The monoisotopic (exact) mass is 478 g/mol. The summed E-state index contributed by atoms with van der Waals surface area (Å²) in [7, 11) is 0. The largest absolute Gasteiger partial charge is 0.337 e. The summed E-state index contributed by atoms with van der Waals surface area (Å²) < 4.78 is 14.2. The second-order valence-corrected chi connectivity index (χ2v) is 9.06. The van der Waals surface area contributed by atoms with Gasteiger partial charge in [-0.1, -0.05) is 36.4 Å². The van der Waals surface area contributed by atoms with Crippen LogP contribution in [0.2, 0.25) is 0 Å². The van der Waals surface area contributed by atoms with Gasteiger partial charge in [-0.3, -0.25) is 19.4 Å². The summed E-state index contributed by atoms with van der Waals surface area (Å²) in [5.41, 5.74) is 3.30. The number of carbonyl (C=O) groups is 2. The summed E-state index contributed by atoms with van der Waals surface area (Å²) in [5.74, 6) is -0.904. The van der Waals surface area contributed by atoms with Gasteiger partial charge >= 0.3 is 0 Å². The van der Waals surface area contributed by atoms with E-state index in [0.717, 1.165) is 19.6 Å². The van der Waals surface area contributed by atoms with Crippen molar-refractivity contribution in [2.75, 3.05) is 31.1 Å². The first-order valence-electron chi connectivity index (χ1n) is 11.2. The fourth-order valence-corrected chi connectivity index (χ4v) is 4.76. The third-order valence-corrected chi connectivity index (χ3v) is 6.69. The van der Waals surface area contributed by atoms with E-state index in [-0.39, 0.29) is 17.5 Å². The number of anilines is 2. The van der Waals surface area contributed by atoms with Gasteiger partial charge in [0.05, 0.1) is 11.4 Å². The fraction of sp³-hybridized carbons (Fsp3) is 0.269. The molecule has 34 heavy (non-hydrogen) atoms. The maximum atomic E-state index is 14.2. The maximum absolute atomic E-state index is 14.2. The molecule has 2 amide bonds. The molecule has 1 fully saturated rings. The van der Waals surface area contributed by atoms with Gasteiger partial charge in [-0.05, 0) is 36.3 Å². The third-order valence-electron chi connectivity index (χ3n) is 5.85. The highest BCUT2D eigenvalue weighted by molar-refractivity contribution is 7.14. The minimum Gasteiger partial charge on any atom is -0.337 e. The first kappa shape index (κ1) is 23.8. The highest BCUT2D eigenvalue weighted by Gasteiger charge is 2.22. The third kappa shape index (κ3) is 5.58. The van der Waals surface area contributed by atoms with Crippen LogP contribution < -0.4 is 4.90 Å². The molecule has 1 aliphatic rings. The van der Waals surface area contributed by atoms with Crippen molar-refractivity contribution in [1.29, 1.82) is 0 Å². The lowest BCUT2D eigenvalue weighted by Gasteiger charge is -2.34. The molecule has 0 atom stereocenters. The molecule has 6 nitrogen and oxygen atoms in total. The molecule has 4 rings (SSSR count). The first-order chi connectivity index (χ1) is 16.4. The Morgan fingerprint density at radius 3 is 2.50 bits per heavy atom. The first-order valence-corrected chi connectivity index (χ1v) is 12.0. The molecule has 1 saturated heterocycles. The molecule has 0 bridgehead atoms. The van der Waals surface area contributed by atoms with Gasteiger partial charge in [0.15, 0.2) is 5.13 Å². The van der Waals surface area contributed by atoms with E-state index < -0.39 is 5.82 Å². The number of piperazine rings is 1. The van der Waals surface area contributed by atoms with E-state index in [1.54, 1.807) is 23.6 Å². The Kier molecular flexibility index (Phi) is 7.49. The molecule has 0 spiro atoms. The fourth-order valence-electron chi connectivity index (χ4n) is 3.91. The van der Waals surface area contributed by atoms with Crippen molar-refractivity contribution in [3.05, 3.63) is 82.6 Å². The van der Waals surface area contributed by atoms with Crippen molar-refractivity contribution < 1.29 is 14.0 Å². The zero-order valence-electron chi connectivity index (χ0n) is 19.3. The number of carbonyl (C=O) groups excluding carboxylic acids is 2. The van der Waals surface area contributed by atoms with Crippen molar-refractivity contribution in [1.82, 2.24) is 14.8 Å². The van der Waals surface area contributed by atoms with E-state index in [9.17, 15) is 14.0 Å². The number of thiazole rings is 1. The predicted molar refractivity (Wildman–Crippen MR) is 133 cm³/mol. The van der Waals surface area contributed by atoms with Crippen molar-refractivity contribution in [2.45, 2.75) is 20.4 Å². The zero-order valence-corrected chi connectivity index (χ0v) is 20.1. The van der Waals surface area contributed by atoms with Crippen LogP contribution in [0.5, 0.6) is 0 Å². The Morgan fingerprint density at radius 2 is 1.79 bits per heavy atom. The Labute approximate surface area is 202 Å². The number of hydrogen-bond donors (Lipinski definition) is 0. The maximum Gasteiger partial charge on any atom is 0.246 e. The molecule has 1 aliphatic heterocycles. The smallest absolute Gasteiger partial charge is 0.246 e. The molecule has 3 aromatic rings. The lowest BCUT2D eigenvalue weighted by molar-refractivity contribution is -0.127. The van der Waals surface area contributed by atoms with Gasteiger partial charge in [0.2, 0.25) is 11.8 Å². The number of amides is 2. The van der Waals surface area contributed by atoms with Gasteiger partial charge in [-0.2, -0.15) is 0 Å². The summed E-state index contributed by atoms with van der Waals surface area (Å²) in [5, 5.41) is 2.10. The number of para-hydroxylation sites is 1. The van der Waals surface area contributed by atoms with Gasteiger partial charge in [0, 0.05) is 51.1 Å². The molecular formula is C26H27FN4O2S. The minimum atomic E-state index is -0.498. The Morgan fingerprint density at radius 1 is 1.09 bits per heavy atom. The van der Waals surface area contributed by atoms with Crippen LogP contribution in [0.25, 0.3) is 6.08 Å².